The maximum atomic E-state index is 4.00. The van der Waals surface area contributed by atoms with Crippen LogP contribution in [-0.4, -0.2) is 35.0 Å². The van der Waals surface area contributed by atoms with Crippen LogP contribution in [0.1, 0.15) is 40.5 Å². The molecule has 0 aromatic carbocycles. The average molecular weight is 318 g/mol. The predicted octanol–water partition coefficient (Wildman–Crippen LogP) is 4.63. The molecule has 0 fully saturated rings. The minimum atomic E-state index is -1.26. The van der Waals surface area contributed by atoms with Crippen molar-refractivity contribution in [1.29, 1.82) is 0 Å². The number of hydrogen-bond acceptors (Lipinski definition) is 2. The van der Waals surface area contributed by atoms with Crippen molar-refractivity contribution in [3.8, 4) is 0 Å². The van der Waals surface area contributed by atoms with Crippen LogP contribution in [0.2, 0.25) is 45.3 Å². The van der Waals surface area contributed by atoms with E-state index in [1.54, 1.807) is 0 Å². The van der Waals surface area contributed by atoms with Crippen molar-refractivity contribution >= 4 is 25.6 Å². The molecule has 0 aliphatic heterocycles. The molecule has 1 radical (unpaired) electrons. The molecule has 0 unspecified atom stereocenters. The van der Waals surface area contributed by atoms with Crippen molar-refractivity contribution in [2.45, 2.75) is 91.4 Å². The van der Waals surface area contributed by atoms with Crippen LogP contribution in [0.15, 0.2) is 0 Å². The van der Waals surface area contributed by atoms with Crippen LogP contribution < -0.4 is 4.98 Å². The monoisotopic (exact) mass is 317 g/mol. The second-order valence-corrected chi connectivity index (χ2v) is 21.6. The van der Waals surface area contributed by atoms with Crippen LogP contribution in [0.3, 0.4) is 0 Å². The lowest BCUT2D eigenvalue weighted by molar-refractivity contribution is 0.504. The van der Waals surface area contributed by atoms with Crippen LogP contribution in [0.5, 0.6) is 0 Å². The van der Waals surface area contributed by atoms with Gasteiger partial charge in [-0.05, 0) is 26.8 Å². The van der Waals surface area contributed by atoms with Crippen LogP contribution in [-0.2, 0) is 0 Å². The van der Waals surface area contributed by atoms with Gasteiger partial charge >= 0.3 is 0 Å². The highest BCUT2D eigenvalue weighted by molar-refractivity contribution is 6.98. The van der Waals surface area contributed by atoms with Gasteiger partial charge in [0.2, 0.25) is 9.12 Å². The summed E-state index contributed by atoms with van der Waals surface area (Å²) in [5, 5.41) is 0. The van der Waals surface area contributed by atoms with E-state index in [4.69, 9.17) is 0 Å². The largest absolute Gasteiger partial charge is 0.356 e. The molecule has 0 heterocycles. The van der Waals surface area contributed by atoms with E-state index in [0.29, 0.717) is 0 Å². The van der Waals surface area contributed by atoms with Gasteiger partial charge in [-0.1, -0.05) is 59.0 Å². The summed E-state index contributed by atoms with van der Waals surface area (Å²) in [6, 6.07) is 1.38. The van der Waals surface area contributed by atoms with Crippen molar-refractivity contribution in [3.63, 3.8) is 0 Å². The molecule has 0 saturated carbocycles. The molecule has 0 aromatic rings. The van der Waals surface area contributed by atoms with E-state index in [-0.39, 0.29) is 5.54 Å². The summed E-state index contributed by atoms with van der Waals surface area (Å²) in [6.45, 7) is 24.4. The summed E-state index contributed by atoms with van der Waals surface area (Å²) in [7, 11) is -3.13. The zero-order valence-electron chi connectivity index (χ0n) is 15.1. The summed E-state index contributed by atoms with van der Waals surface area (Å²) >= 11 is 0. The first-order valence-electron chi connectivity index (χ1n) is 7.73. The van der Waals surface area contributed by atoms with Crippen LogP contribution in [0, 0.1) is 0 Å². The summed E-state index contributed by atoms with van der Waals surface area (Å²) in [5.74, 6) is 0. The van der Waals surface area contributed by atoms with E-state index in [1.165, 1.54) is 18.9 Å². The standard InChI is InChI=1S/C14H37N2Si3/c1-11-12-13-17(15-14(2,3)4)16(18(5,6)7)19(8,9)10/h15H,11-13H2,1-10H3. The van der Waals surface area contributed by atoms with E-state index >= 15 is 0 Å². The smallest absolute Gasteiger partial charge is 0.212 e. The predicted molar refractivity (Wildman–Crippen MR) is 96.9 cm³/mol. The van der Waals surface area contributed by atoms with E-state index in [0.717, 1.165) is 0 Å². The number of hydrogen-bond donors (Lipinski definition) is 1. The zero-order valence-corrected chi connectivity index (χ0v) is 18.1. The van der Waals surface area contributed by atoms with E-state index < -0.39 is 25.6 Å². The molecular formula is C14H37N2Si3. The lowest BCUT2D eigenvalue weighted by atomic mass is 10.1. The molecule has 1 N–H and O–H groups in total. The van der Waals surface area contributed by atoms with Gasteiger partial charge in [0.25, 0.3) is 0 Å². The topological polar surface area (TPSA) is 15.3 Å². The van der Waals surface area contributed by atoms with Crippen molar-refractivity contribution in [1.82, 2.24) is 8.88 Å². The Morgan fingerprint density at radius 1 is 0.947 bits per heavy atom. The molecule has 0 aromatic heterocycles. The van der Waals surface area contributed by atoms with Crippen molar-refractivity contribution in [3.05, 3.63) is 0 Å². The quantitative estimate of drug-likeness (QED) is 0.688. The van der Waals surface area contributed by atoms with Gasteiger partial charge in [-0.25, -0.2) is 0 Å². The van der Waals surface area contributed by atoms with Gasteiger partial charge < -0.3 is 8.88 Å². The van der Waals surface area contributed by atoms with E-state index in [9.17, 15) is 0 Å². The lowest BCUT2D eigenvalue weighted by Gasteiger charge is -2.49. The van der Waals surface area contributed by atoms with Crippen LogP contribution in [0.25, 0.3) is 0 Å². The van der Waals surface area contributed by atoms with E-state index in [1.807, 2.05) is 0 Å². The molecule has 5 heteroatoms. The van der Waals surface area contributed by atoms with Gasteiger partial charge in [0.05, 0.1) is 0 Å². The minimum Gasteiger partial charge on any atom is -0.356 e. The Bertz CT molecular complexity index is 247. The van der Waals surface area contributed by atoms with Gasteiger partial charge in [-0.15, -0.1) is 0 Å². The SMILES string of the molecule is CCCC[Si](NC(C)(C)C)N([Si](C)(C)C)[Si](C)(C)C. The fraction of sp³-hybridized carbons (Fsp3) is 1.00. The Kier molecular flexibility index (Phi) is 7.23. The van der Waals surface area contributed by atoms with Gasteiger partial charge in [-0.2, -0.15) is 0 Å². The number of nitrogens with one attached hydrogen (secondary N) is 1. The van der Waals surface area contributed by atoms with Gasteiger partial charge in [0.15, 0.2) is 0 Å². The number of unbranched alkanes of at least 4 members (excludes halogenated alkanes) is 1. The molecule has 0 rings (SSSR count). The summed E-state index contributed by atoms with van der Waals surface area (Å²) in [4.78, 5) is 4.00. The van der Waals surface area contributed by atoms with Crippen LogP contribution in [0.4, 0.5) is 0 Å². The molecule has 115 valence electrons. The third-order valence-corrected chi connectivity index (χ3v) is 17.7. The molecular weight excluding hydrogens is 280 g/mol. The maximum absolute atomic E-state index is 4.00. The van der Waals surface area contributed by atoms with E-state index in [2.05, 4.69) is 75.9 Å². The molecule has 0 aliphatic carbocycles. The number of rotatable bonds is 7. The molecule has 0 amide bonds. The normalized spacial score (nSPS) is 14.5. The van der Waals surface area contributed by atoms with Crippen molar-refractivity contribution in [2.75, 3.05) is 0 Å². The fourth-order valence-corrected chi connectivity index (χ4v) is 20.4. The minimum absolute atomic E-state index is 0.236. The van der Waals surface area contributed by atoms with Crippen molar-refractivity contribution in [2.24, 2.45) is 0 Å². The second-order valence-electron chi connectivity index (χ2n) is 8.60. The third-order valence-electron chi connectivity index (χ3n) is 2.90. The van der Waals surface area contributed by atoms with Gasteiger partial charge in [-0.3, -0.25) is 0 Å². The Hall–Kier alpha value is 0.571. The molecule has 19 heavy (non-hydrogen) atoms. The number of nitrogens with zero attached hydrogens (tertiary/aromatic N) is 1. The average Bonchev–Trinajstić information content (AvgIpc) is 2.06. The van der Waals surface area contributed by atoms with Crippen LogP contribution >= 0.6 is 0 Å². The fourth-order valence-electron chi connectivity index (χ4n) is 2.82. The lowest BCUT2D eigenvalue weighted by Crippen LogP contribution is -2.71. The Morgan fingerprint density at radius 2 is 1.37 bits per heavy atom. The third kappa shape index (κ3) is 7.80. The molecule has 0 spiro atoms. The Balaban J connectivity index is 5.25. The highest BCUT2D eigenvalue weighted by atomic mass is 28.5. The second kappa shape index (κ2) is 7.02. The molecule has 0 atom stereocenters. The first-order chi connectivity index (χ1) is 8.29. The molecule has 0 bridgehead atoms. The molecule has 0 aliphatic rings. The zero-order chi connectivity index (χ0) is 15.5. The Labute approximate surface area is 126 Å². The summed E-state index contributed by atoms with van der Waals surface area (Å²) < 4.78 is 3.02. The van der Waals surface area contributed by atoms with Crippen molar-refractivity contribution < 1.29 is 0 Å². The summed E-state index contributed by atoms with van der Waals surface area (Å²) in [6.07, 6.45) is 2.67. The summed E-state index contributed by atoms with van der Waals surface area (Å²) in [5.41, 5.74) is 0.236. The Morgan fingerprint density at radius 3 is 1.63 bits per heavy atom. The highest BCUT2D eigenvalue weighted by Gasteiger charge is 2.41. The molecule has 0 saturated heterocycles. The van der Waals surface area contributed by atoms with Gasteiger partial charge in [0.1, 0.15) is 16.5 Å². The highest BCUT2D eigenvalue weighted by Crippen LogP contribution is 2.24. The van der Waals surface area contributed by atoms with Gasteiger partial charge in [0, 0.05) is 5.54 Å². The first-order valence-corrected chi connectivity index (χ1v) is 16.3. The maximum Gasteiger partial charge on any atom is 0.212 e. The molecule has 2 nitrogen and oxygen atoms in total. The first kappa shape index (κ1) is 19.6.